The maximum Gasteiger partial charge on any atom is 0.256 e. The van der Waals surface area contributed by atoms with Crippen molar-refractivity contribution >= 4 is 44.5 Å². The van der Waals surface area contributed by atoms with Gasteiger partial charge in [0.25, 0.3) is 5.91 Å². The second kappa shape index (κ2) is 5.54. The topological polar surface area (TPSA) is 55.1 Å². The van der Waals surface area contributed by atoms with Crippen LogP contribution in [0.25, 0.3) is 0 Å². The maximum atomic E-state index is 11.9. The third-order valence-electron chi connectivity index (χ3n) is 2.61. The first-order valence-corrected chi connectivity index (χ1v) is 7.21. The summed E-state index contributed by atoms with van der Waals surface area (Å²) in [6, 6.07) is 7.39. The van der Waals surface area contributed by atoms with Crippen molar-refractivity contribution in [3.63, 3.8) is 0 Å². The predicted molar refractivity (Wildman–Crippen MR) is 80.2 cm³/mol. The summed E-state index contributed by atoms with van der Waals surface area (Å²) in [4.78, 5) is 11.9. The van der Waals surface area contributed by atoms with Crippen LogP contribution in [0.1, 0.15) is 22.8 Å². The molecule has 3 N–H and O–H groups in total. The van der Waals surface area contributed by atoms with E-state index in [-0.39, 0.29) is 5.91 Å². The molecule has 3 nitrogen and oxygen atoms in total. The Morgan fingerprint density at radius 1 is 1.44 bits per heavy atom. The van der Waals surface area contributed by atoms with Crippen LogP contribution in [0.2, 0.25) is 0 Å². The van der Waals surface area contributed by atoms with E-state index in [4.69, 9.17) is 5.73 Å². The van der Waals surface area contributed by atoms with E-state index >= 15 is 0 Å². The summed E-state index contributed by atoms with van der Waals surface area (Å²) in [6.45, 7) is 2.05. The Bertz CT molecular complexity index is 580. The van der Waals surface area contributed by atoms with Crippen LogP contribution >= 0.6 is 27.3 Å². The Morgan fingerprint density at radius 2 is 2.22 bits per heavy atom. The number of aryl methyl sites for hydroxylation is 1. The first kappa shape index (κ1) is 13.1. The van der Waals surface area contributed by atoms with Crippen LogP contribution in [0.5, 0.6) is 0 Å². The molecule has 0 saturated heterocycles. The van der Waals surface area contributed by atoms with E-state index in [9.17, 15) is 4.79 Å². The van der Waals surface area contributed by atoms with Crippen molar-refractivity contribution in [3.8, 4) is 0 Å². The van der Waals surface area contributed by atoms with Gasteiger partial charge >= 0.3 is 0 Å². The Labute approximate surface area is 118 Å². The number of hydrogen-bond acceptors (Lipinski definition) is 3. The van der Waals surface area contributed by atoms with Crippen molar-refractivity contribution in [1.29, 1.82) is 0 Å². The number of nitrogens with one attached hydrogen (secondary N) is 1. The maximum absolute atomic E-state index is 11.9. The van der Waals surface area contributed by atoms with Crippen LogP contribution in [0.4, 0.5) is 11.4 Å². The number of halogens is 1. The number of rotatable bonds is 3. The molecule has 0 radical (unpaired) electrons. The van der Waals surface area contributed by atoms with E-state index < -0.39 is 0 Å². The number of benzene rings is 1. The Kier molecular flexibility index (Phi) is 4.04. The molecule has 0 unspecified atom stereocenters. The summed E-state index contributed by atoms with van der Waals surface area (Å²) in [6.07, 6.45) is 0.886. The molecule has 1 heterocycles. The van der Waals surface area contributed by atoms with Gasteiger partial charge in [-0.1, -0.05) is 13.0 Å². The lowest BCUT2D eigenvalue weighted by atomic mass is 10.1. The van der Waals surface area contributed by atoms with Gasteiger partial charge in [0.05, 0.1) is 9.35 Å². The molecule has 5 heteroatoms. The Hall–Kier alpha value is -1.33. The average Bonchev–Trinajstić information content (AvgIpc) is 2.76. The van der Waals surface area contributed by atoms with Gasteiger partial charge in [-0.2, -0.15) is 0 Å². The van der Waals surface area contributed by atoms with Crippen molar-refractivity contribution < 1.29 is 4.79 Å². The van der Waals surface area contributed by atoms with Gasteiger partial charge < -0.3 is 11.1 Å². The number of amides is 1. The van der Waals surface area contributed by atoms with E-state index in [0.29, 0.717) is 11.3 Å². The number of carbonyl (C=O) groups excluding carboxylic acids is 1. The van der Waals surface area contributed by atoms with Crippen molar-refractivity contribution in [2.24, 2.45) is 0 Å². The average molecular weight is 325 g/mol. The van der Waals surface area contributed by atoms with Gasteiger partial charge in [-0.25, -0.2) is 0 Å². The summed E-state index contributed by atoms with van der Waals surface area (Å²) in [5.41, 5.74) is 9.06. The minimum absolute atomic E-state index is 0.124. The summed E-state index contributed by atoms with van der Waals surface area (Å²) >= 11 is 4.82. The fourth-order valence-corrected chi connectivity index (χ4v) is 2.76. The normalized spacial score (nSPS) is 10.3. The molecule has 1 amide bonds. The van der Waals surface area contributed by atoms with Crippen LogP contribution in [-0.4, -0.2) is 5.91 Å². The standard InChI is InChI=1S/C13H13BrN2OS/c1-2-8-3-4-10(6-11(8)15)16-13(17)9-5-12(14)18-7-9/h3-7H,2,15H2,1H3,(H,16,17). The van der Waals surface area contributed by atoms with E-state index in [0.717, 1.165) is 21.5 Å². The van der Waals surface area contributed by atoms with Crippen LogP contribution in [0.3, 0.4) is 0 Å². The molecule has 94 valence electrons. The molecule has 0 atom stereocenters. The smallest absolute Gasteiger partial charge is 0.256 e. The Morgan fingerprint density at radius 3 is 2.78 bits per heavy atom. The van der Waals surface area contributed by atoms with Crippen LogP contribution < -0.4 is 11.1 Å². The van der Waals surface area contributed by atoms with E-state index in [1.807, 2.05) is 24.4 Å². The van der Waals surface area contributed by atoms with Gasteiger partial charge in [0.1, 0.15) is 0 Å². The molecule has 0 bridgehead atoms. The minimum atomic E-state index is -0.124. The van der Waals surface area contributed by atoms with Gasteiger partial charge in [0.2, 0.25) is 0 Å². The zero-order valence-corrected chi connectivity index (χ0v) is 12.3. The van der Waals surface area contributed by atoms with Crippen molar-refractivity contribution in [1.82, 2.24) is 0 Å². The highest BCUT2D eigenvalue weighted by Gasteiger charge is 2.08. The summed E-state index contributed by atoms with van der Waals surface area (Å²) < 4.78 is 0.938. The minimum Gasteiger partial charge on any atom is -0.398 e. The first-order chi connectivity index (χ1) is 8.60. The first-order valence-electron chi connectivity index (χ1n) is 5.54. The van der Waals surface area contributed by atoms with Crippen LogP contribution in [-0.2, 0) is 6.42 Å². The molecule has 18 heavy (non-hydrogen) atoms. The van der Waals surface area contributed by atoms with Gasteiger partial charge in [0, 0.05) is 16.8 Å². The SMILES string of the molecule is CCc1ccc(NC(=O)c2csc(Br)c2)cc1N. The zero-order chi connectivity index (χ0) is 13.1. The number of thiophene rings is 1. The second-order valence-electron chi connectivity index (χ2n) is 3.86. The third kappa shape index (κ3) is 2.91. The highest BCUT2D eigenvalue weighted by atomic mass is 79.9. The van der Waals surface area contributed by atoms with Crippen LogP contribution in [0.15, 0.2) is 33.4 Å². The molecular formula is C13H13BrN2OS. The Balaban J connectivity index is 2.14. The molecular weight excluding hydrogens is 312 g/mol. The summed E-state index contributed by atoms with van der Waals surface area (Å²) in [5, 5.41) is 4.64. The van der Waals surface area contributed by atoms with Crippen molar-refractivity contribution in [2.75, 3.05) is 11.1 Å². The summed E-state index contributed by atoms with van der Waals surface area (Å²) in [5.74, 6) is -0.124. The molecule has 2 rings (SSSR count). The zero-order valence-electron chi connectivity index (χ0n) is 9.87. The molecule has 0 aliphatic heterocycles. The molecule has 2 aromatic rings. The number of carbonyl (C=O) groups is 1. The lowest BCUT2D eigenvalue weighted by Crippen LogP contribution is -2.11. The van der Waals surface area contributed by atoms with Gasteiger partial charge in [-0.15, -0.1) is 11.3 Å². The largest absolute Gasteiger partial charge is 0.398 e. The predicted octanol–water partition coefficient (Wildman–Crippen LogP) is 3.91. The van der Waals surface area contributed by atoms with Gasteiger partial charge in [0.15, 0.2) is 0 Å². The molecule has 0 aliphatic rings. The number of anilines is 2. The molecule has 1 aromatic carbocycles. The molecule has 0 fully saturated rings. The fourth-order valence-electron chi connectivity index (χ4n) is 1.63. The van der Waals surface area contributed by atoms with E-state index in [1.54, 1.807) is 12.1 Å². The third-order valence-corrected chi connectivity index (χ3v) is 4.12. The lowest BCUT2D eigenvalue weighted by molar-refractivity contribution is 0.102. The summed E-state index contributed by atoms with van der Waals surface area (Å²) in [7, 11) is 0. The van der Waals surface area contributed by atoms with E-state index in [1.165, 1.54) is 11.3 Å². The van der Waals surface area contributed by atoms with Crippen molar-refractivity contribution in [2.45, 2.75) is 13.3 Å². The molecule has 0 spiro atoms. The van der Waals surface area contributed by atoms with Crippen LogP contribution in [0, 0.1) is 0 Å². The monoisotopic (exact) mass is 324 g/mol. The number of nitrogen functional groups attached to an aromatic ring is 1. The van der Waals surface area contributed by atoms with Crippen molar-refractivity contribution in [3.05, 3.63) is 44.6 Å². The van der Waals surface area contributed by atoms with Gasteiger partial charge in [-0.05, 0) is 46.1 Å². The number of hydrogen-bond donors (Lipinski definition) is 2. The molecule has 1 aromatic heterocycles. The highest BCUT2D eigenvalue weighted by Crippen LogP contribution is 2.23. The highest BCUT2D eigenvalue weighted by molar-refractivity contribution is 9.11. The number of nitrogens with two attached hydrogens (primary N) is 1. The molecule has 0 saturated carbocycles. The lowest BCUT2D eigenvalue weighted by Gasteiger charge is -2.07. The second-order valence-corrected chi connectivity index (χ2v) is 6.15. The fraction of sp³-hybridized carbons (Fsp3) is 0.154. The molecule has 0 aliphatic carbocycles. The van der Waals surface area contributed by atoms with E-state index in [2.05, 4.69) is 21.2 Å². The van der Waals surface area contributed by atoms with Gasteiger partial charge in [-0.3, -0.25) is 4.79 Å². The quantitative estimate of drug-likeness (QED) is 0.841.